The number of anilines is 1. The molecule has 5 heteroatoms. The predicted octanol–water partition coefficient (Wildman–Crippen LogP) is 2.35. The Hall–Kier alpha value is -1.07. The molecule has 0 spiro atoms. The Morgan fingerprint density at radius 3 is 2.83 bits per heavy atom. The standard InChI is InChI=1S/C13H18BrN3O/c1-13(2)8-18-6-5-17(13)11-7-9(14)3-4-10(11)12(15)16/h3-4,7H,5-6,8H2,1-2H3,(H3,15,16). The Balaban J connectivity index is 2.48. The third-order valence-corrected chi connectivity index (χ3v) is 3.68. The maximum atomic E-state index is 7.70. The van der Waals surface area contributed by atoms with E-state index >= 15 is 0 Å². The third kappa shape index (κ3) is 2.52. The number of rotatable bonds is 2. The number of benzene rings is 1. The molecular formula is C13H18BrN3O. The molecule has 0 unspecified atom stereocenters. The molecule has 1 aliphatic heterocycles. The van der Waals surface area contributed by atoms with Gasteiger partial charge in [-0.1, -0.05) is 15.9 Å². The summed E-state index contributed by atoms with van der Waals surface area (Å²) in [7, 11) is 0. The maximum Gasteiger partial charge on any atom is 0.124 e. The molecule has 0 atom stereocenters. The zero-order chi connectivity index (χ0) is 13.3. The minimum Gasteiger partial charge on any atom is -0.384 e. The lowest BCUT2D eigenvalue weighted by molar-refractivity contribution is 0.0644. The first-order valence-corrected chi connectivity index (χ1v) is 6.70. The highest BCUT2D eigenvalue weighted by atomic mass is 79.9. The van der Waals surface area contributed by atoms with E-state index in [1.54, 1.807) is 0 Å². The van der Waals surface area contributed by atoms with Crippen molar-refractivity contribution in [1.29, 1.82) is 5.41 Å². The van der Waals surface area contributed by atoms with Crippen molar-refractivity contribution in [2.75, 3.05) is 24.7 Å². The average Bonchev–Trinajstić information content (AvgIpc) is 2.27. The molecule has 0 aromatic heterocycles. The second kappa shape index (κ2) is 4.90. The first kappa shape index (κ1) is 13.4. The van der Waals surface area contributed by atoms with Gasteiger partial charge in [-0.2, -0.15) is 0 Å². The Kier molecular flexibility index (Phi) is 3.64. The first-order chi connectivity index (χ1) is 8.42. The molecule has 4 nitrogen and oxygen atoms in total. The van der Waals surface area contributed by atoms with Gasteiger partial charge in [0.2, 0.25) is 0 Å². The lowest BCUT2D eigenvalue weighted by Gasteiger charge is -2.44. The van der Waals surface area contributed by atoms with E-state index < -0.39 is 0 Å². The highest BCUT2D eigenvalue weighted by Gasteiger charge is 2.32. The minimum absolute atomic E-state index is 0.0940. The monoisotopic (exact) mass is 311 g/mol. The van der Waals surface area contributed by atoms with Gasteiger partial charge in [-0.3, -0.25) is 5.41 Å². The van der Waals surface area contributed by atoms with Crippen LogP contribution in [-0.4, -0.2) is 31.1 Å². The molecular weight excluding hydrogens is 294 g/mol. The van der Waals surface area contributed by atoms with Gasteiger partial charge in [0.05, 0.1) is 18.8 Å². The van der Waals surface area contributed by atoms with Crippen molar-refractivity contribution in [2.24, 2.45) is 5.73 Å². The van der Waals surface area contributed by atoms with Gasteiger partial charge in [-0.15, -0.1) is 0 Å². The van der Waals surface area contributed by atoms with Gasteiger partial charge >= 0.3 is 0 Å². The maximum absolute atomic E-state index is 7.70. The van der Waals surface area contributed by atoms with Gasteiger partial charge in [0.15, 0.2) is 0 Å². The van der Waals surface area contributed by atoms with Crippen molar-refractivity contribution in [1.82, 2.24) is 0 Å². The van der Waals surface area contributed by atoms with Crippen LogP contribution in [-0.2, 0) is 4.74 Å². The molecule has 3 N–H and O–H groups in total. The van der Waals surface area contributed by atoms with Crippen molar-refractivity contribution in [3.05, 3.63) is 28.2 Å². The largest absolute Gasteiger partial charge is 0.384 e. The molecule has 1 heterocycles. The summed E-state index contributed by atoms with van der Waals surface area (Å²) in [5.74, 6) is 0.0970. The Morgan fingerprint density at radius 1 is 1.50 bits per heavy atom. The number of morpholine rings is 1. The topological polar surface area (TPSA) is 62.3 Å². The van der Waals surface area contributed by atoms with Crippen LogP contribution in [0, 0.1) is 5.41 Å². The summed E-state index contributed by atoms with van der Waals surface area (Å²) in [5.41, 5.74) is 7.34. The summed E-state index contributed by atoms with van der Waals surface area (Å²) in [6, 6.07) is 5.81. The molecule has 98 valence electrons. The molecule has 0 saturated carbocycles. The number of nitrogens with zero attached hydrogens (tertiary/aromatic N) is 1. The summed E-state index contributed by atoms with van der Waals surface area (Å²) in [6.07, 6.45) is 0. The van der Waals surface area contributed by atoms with Crippen LogP contribution in [0.2, 0.25) is 0 Å². The minimum atomic E-state index is -0.0940. The SMILES string of the molecule is CC1(C)COCCN1c1cc(Br)ccc1C(=N)N. The normalized spacial score (nSPS) is 18.7. The fourth-order valence-electron chi connectivity index (χ4n) is 2.26. The fraction of sp³-hybridized carbons (Fsp3) is 0.462. The van der Waals surface area contributed by atoms with Crippen LogP contribution in [0.1, 0.15) is 19.4 Å². The van der Waals surface area contributed by atoms with Crippen molar-refractivity contribution < 1.29 is 4.74 Å². The Labute approximate surface area is 116 Å². The number of nitrogens with two attached hydrogens (primary N) is 1. The Morgan fingerprint density at radius 2 is 2.22 bits per heavy atom. The van der Waals surface area contributed by atoms with Crippen LogP contribution in [0.3, 0.4) is 0 Å². The number of nitrogens with one attached hydrogen (secondary N) is 1. The van der Waals surface area contributed by atoms with E-state index in [2.05, 4.69) is 34.7 Å². The first-order valence-electron chi connectivity index (χ1n) is 5.91. The number of ether oxygens (including phenoxy) is 1. The van der Waals surface area contributed by atoms with Crippen molar-refractivity contribution in [2.45, 2.75) is 19.4 Å². The van der Waals surface area contributed by atoms with Gasteiger partial charge in [0.25, 0.3) is 0 Å². The van der Waals surface area contributed by atoms with Crippen LogP contribution in [0.15, 0.2) is 22.7 Å². The lowest BCUT2D eigenvalue weighted by Crippen LogP contribution is -2.53. The quantitative estimate of drug-likeness (QED) is 0.651. The van der Waals surface area contributed by atoms with Gasteiger partial charge in [-0.25, -0.2) is 0 Å². The van der Waals surface area contributed by atoms with E-state index in [1.807, 2.05) is 18.2 Å². The number of nitrogen functional groups attached to an aromatic ring is 1. The van der Waals surface area contributed by atoms with E-state index in [-0.39, 0.29) is 11.4 Å². The molecule has 1 aromatic rings. The van der Waals surface area contributed by atoms with Gasteiger partial charge < -0.3 is 15.4 Å². The van der Waals surface area contributed by atoms with Crippen molar-refractivity contribution >= 4 is 27.5 Å². The van der Waals surface area contributed by atoms with Gasteiger partial charge in [-0.05, 0) is 32.0 Å². The average molecular weight is 312 g/mol. The highest BCUT2D eigenvalue weighted by Crippen LogP contribution is 2.32. The molecule has 1 aliphatic rings. The lowest BCUT2D eigenvalue weighted by atomic mass is 9.99. The van der Waals surface area contributed by atoms with E-state index in [4.69, 9.17) is 15.9 Å². The predicted molar refractivity (Wildman–Crippen MR) is 77.4 cm³/mol. The van der Waals surface area contributed by atoms with E-state index in [1.165, 1.54) is 0 Å². The van der Waals surface area contributed by atoms with Crippen LogP contribution >= 0.6 is 15.9 Å². The van der Waals surface area contributed by atoms with Crippen molar-refractivity contribution in [3.63, 3.8) is 0 Å². The molecule has 18 heavy (non-hydrogen) atoms. The summed E-state index contributed by atoms with van der Waals surface area (Å²) in [6.45, 7) is 6.46. The number of hydrogen-bond donors (Lipinski definition) is 2. The zero-order valence-electron chi connectivity index (χ0n) is 10.7. The molecule has 1 fully saturated rings. The molecule has 0 radical (unpaired) electrons. The number of amidine groups is 1. The Bertz CT molecular complexity index is 473. The van der Waals surface area contributed by atoms with Crippen LogP contribution in [0.25, 0.3) is 0 Å². The second-order valence-electron chi connectivity index (χ2n) is 5.09. The zero-order valence-corrected chi connectivity index (χ0v) is 12.3. The fourth-order valence-corrected chi connectivity index (χ4v) is 2.61. The third-order valence-electron chi connectivity index (χ3n) is 3.19. The number of halogens is 1. The molecule has 0 aliphatic carbocycles. The number of hydrogen-bond acceptors (Lipinski definition) is 3. The molecule has 0 amide bonds. The second-order valence-corrected chi connectivity index (χ2v) is 6.01. The smallest absolute Gasteiger partial charge is 0.124 e. The van der Waals surface area contributed by atoms with Crippen LogP contribution in [0.5, 0.6) is 0 Å². The van der Waals surface area contributed by atoms with Crippen molar-refractivity contribution in [3.8, 4) is 0 Å². The van der Waals surface area contributed by atoms with E-state index in [9.17, 15) is 0 Å². The molecule has 0 bridgehead atoms. The summed E-state index contributed by atoms with van der Waals surface area (Å²) < 4.78 is 6.52. The highest BCUT2D eigenvalue weighted by molar-refractivity contribution is 9.10. The molecule has 2 rings (SSSR count). The summed E-state index contributed by atoms with van der Waals surface area (Å²) in [4.78, 5) is 2.26. The summed E-state index contributed by atoms with van der Waals surface area (Å²) >= 11 is 3.48. The van der Waals surface area contributed by atoms with Gasteiger partial charge in [0, 0.05) is 22.3 Å². The van der Waals surface area contributed by atoms with Crippen LogP contribution in [0.4, 0.5) is 5.69 Å². The van der Waals surface area contributed by atoms with E-state index in [0.29, 0.717) is 13.2 Å². The summed E-state index contributed by atoms with van der Waals surface area (Å²) in [5, 5.41) is 7.70. The molecule has 1 saturated heterocycles. The van der Waals surface area contributed by atoms with E-state index in [0.717, 1.165) is 22.3 Å². The van der Waals surface area contributed by atoms with Gasteiger partial charge in [0.1, 0.15) is 5.84 Å². The molecule has 1 aromatic carbocycles. The van der Waals surface area contributed by atoms with Crippen LogP contribution < -0.4 is 10.6 Å².